The van der Waals surface area contributed by atoms with Gasteiger partial charge in [0.2, 0.25) is 0 Å². The van der Waals surface area contributed by atoms with Crippen molar-refractivity contribution in [1.29, 1.82) is 0 Å². The molecule has 0 bridgehead atoms. The number of carboxylic acids is 1. The average Bonchev–Trinajstić information content (AvgIpc) is 2.17. The van der Waals surface area contributed by atoms with Crippen molar-refractivity contribution in [1.82, 2.24) is 4.72 Å². The first kappa shape index (κ1) is 15.3. The van der Waals surface area contributed by atoms with E-state index in [2.05, 4.69) is 20.7 Å². The van der Waals surface area contributed by atoms with Gasteiger partial charge in [0.15, 0.2) is 0 Å². The summed E-state index contributed by atoms with van der Waals surface area (Å²) in [5.41, 5.74) is 0.345. The first-order valence-electron chi connectivity index (χ1n) is 5.39. The van der Waals surface area contributed by atoms with Gasteiger partial charge in [-0.2, -0.15) is 0 Å². The second kappa shape index (κ2) is 5.95. The fraction of sp³-hybridized carbons (Fsp3) is 0.417. The quantitative estimate of drug-likeness (QED) is 0.889. The highest BCUT2D eigenvalue weighted by molar-refractivity contribution is 9.10. The molecule has 0 fully saturated rings. The van der Waals surface area contributed by atoms with Gasteiger partial charge in [-0.15, -0.1) is 0 Å². The van der Waals surface area contributed by atoms with Gasteiger partial charge in [0.1, 0.15) is 11.0 Å². The Balaban J connectivity index is 3.00. The molecule has 0 aliphatic rings. The lowest BCUT2D eigenvalue weighted by Gasteiger charge is -2.20. The van der Waals surface area contributed by atoms with Crippen molar-refractivity contribution in [2.75, 3.05) is 0 Å². The summed E-state index contributed by atoms with van der Waals surface area (Å²) in [5.74, 6) is -0.905. The molecule has 1 atom stereocenters. The number of carboxylic acid groups (broad SMARTS) is 1. The summed E-state index contributed by atoms with van der Waals surface area (Å²) < 4.78 is 15.8. The van der Waals surface area contributed by atoms with E-state index in [1.807, 2.05) is 20.8 Å². The minimum Gasteiger partial charge on any atom is -0.481 e. The van der Waals surface area contributed by atoms with Crippen molar-refractivity contribution in [2.24, 2.45) is 0 Å². The Morgan fingerprint density at radius 3 is 2.56 bits per heavy atom. The largest absolute Gasteiger partial charge is 0.481 e. The van der Waals surface area contributed by atoms with E-state index in [1.54, 1.807) is 18.2 Å². The highest BCUT2D eigenvalue weighted by Gasteiger charge is 2.17. The fourth-order valence-electron chi connectivity index (χ4n) is 1.31. The number of hydrogen-bond acceptors (Lipinski definition) is 2. The number of halogens is 1. The van der Waals surface area contributed by atoms with Crippen molar-refractivity contribution in [3.8, 4) is 0 Å². The molecule has 0 spiro atoms. The topological polar surface area (TPSA) is 66.4 Å². The molecule has 0 aromatic heterocycles. The number of benzene rings is 1. The van der Waals surface area contributed by atoms with Gasteiger partial charge in [0, 0.05) is 10.0 Å². The Morgan fingerprint density at radius 2 is 2.06 bits per heavy atom. The smallest absolute Gasteiger partial charge is 0.307 e. The molecule has 18 heavy (non-hydrogen) atoms. The molecule has 6 heteroatoms. The van der Waals surface area contributed by atoms with Crippen molar-refractivity contribution in [2.45, 2.75) is 37.6 Å². The summed E-state index contributed by atoms with van der Waals surface area (Å²) in [5, 5.41) is 8.75. The van der Waals surface area contributed by atoms with Gasteiger partial charge in [0.05, 0.1) is 11.3 Å². The van der Waals surface area contributed by atoms with Gasteiger partial charge in [-0.05, 0) is 54.4 Å². The van der Waals surface area contributed by atoms with Crippen molar-refractivity contribution in [3.05, 3.63) is 28.2 Å². The Morgan fingerprint density at radius 1 is 1.44 bits per heavy atom. The summed E-state index contributed by atoms with van der Waals surface area (Å²) >= 11 is 3.32. The first-order valence-corrected chi connectivity index (χ1v) is 7.33. The standard InChI is InChI=1S/C12H16BrNO3S/c1-12(2,3)14-18(17)10-6-8(7-11(15)16)4-5-9(10)13/h4-6,14H,7H2,1-3H3,(H,15,16). The van der Waals surface area contributed by atoms with Crippen LogP contribution in [0.4, 0.5) is 0 Å². The third kappa shape index (κ3) is 4.88. The van der Waals surface area contributed by atoms with Crippen LogP contribution in [0.3, 0.4) is 0 Å². The Labute approximate surface area is 118 Å². The van der Waals surface area contributed by atoms with Crippen LogP contribution in [0.1, 0.15) is 26.3 Å². The monoisotopic (exact) mass is 333 g/mol. The molecule has 0 aliphatic carbocycles. The zero-order valence-electron chi connectivity index (χ0n) is 10.5. The molecule has 0 saturated heterocycles. The lowest BCUT2D eigenvalue weighted by Crippen LogP contribution is -2.37. The molecule has 0 aliphatic heterocycles. The van der Waals surface area contributed by atoms with E-state index in [9.17, 15) is 9.00 Å². The third-order valence-electron chi connectivity index (χ3n) is 1.95. The van der Waals surface area contributed by atoms with Gasteiger partial charge >= 0.3 is 5.97 Å². The number of nitrogens with one attached hydrogen (secondary N) is 1. The van der Waals surface area contributed by atoms with Crippen LogP contribution < -0.4 is 4.72 Å². The van der Waals surface area contributed by atoms with Crippen LogP contribution in [0.15, 0.2) is 27.6 Å². The second-order valence-corrected chi connectivity index (χ2v) is 6.99. The molecule has 100 valence electrons. The summed E-state index contributed by atoms with van der Waals surface area (Å²) in [6.45, 7) is 5.75. The number of hydrogen-bond donors (Lipinski definition) is 2. The molecular weight excluding hydrogens is 318 g/mol. The van der Waals surface area contributed by atoms with Crippen molar-refractivity contribution in [3.63, 3.8) is 0 Å². The Bertz CT molecular complexity index is 483. The lowest BCUT2D eigenvalue weighted by molar-refractivity contribution is -0.136. The summed E-state index contributed by atoms with van der Waals surface area (Å²) in [6.07, 6.45) is -0.0764. The minimum absolute atomic E-state index is 0.0764. The molecule has 1 aromatic carbocycles. The zero-order valence-corrected chi connectivity index (χ0v) is 12.9. The molecule has 0 saturated carbocycles. The summed E-state index contributed by atoms with van der Waals surface area (Å²) in [7, 11) is -1.38. The molecule has 0 amide bonds. The second-order valence-electron chi connectivity index (χ2n) is 4.96. The highest BCUT2D eigenvalue weighted by Crippen LogP contribution is 2.22. The molecule has 2 N–H and O–H groups in total. The predicted molar refractivity (Wildman–Crippen MR) is 74.8 cm³/mol. The predicted octanol–water partition coefficient (Wildman–Crippen LogP) is 2.49. The first-order chi connectivity index (χ1) is 8.19. The molecule has 1 rings (SSSR count). The molecule has 1 unspecified atom stereocenters. The van der Waals surface area contributed by atoms with E-state index in [-0.39, 0.29) is 12.0 Å². The van der Waals surface area contributed by atoms with Crippen LogP contribution in [0.25, 0.3) is 0 Å². The van der Waals surface area contributed by atoms with Crippen LogP contribution in [-0.2, 0) is 22.2 Å². The van der Waals surface area contributed by atoms with Gasteiger partial charge < -0.3 is 5.11 Å². The summed E-state index contributed by atoms with van der Waals surface area (Å²) in [6, 6.07) is 5.07. The third-order valence-corrected chi connectivity index (χ3v) is 4.44. The maximum Gasteiger partial charge on any atom is 0.307 e. The maximum absolute atomic E-state index is 12.1. The van der Waals surface area contributed by atoms with Crippen LogP contribution in [0.5, 0.6) is 0 Å². The Hall–Kier alpha value is -0.720. The molecule has 0 radical (unpaired) electrons. The molecule has 4 nitrogen and oxygen atoms in total. The van der Waals surface area contributed by atoms with E-state index in [0.29, 0.717) is 14.9 Å². The lowest BCUT2D eigenvalue weighted by atomic mass is 10.1. The molecule has 1 aromatic rings. The highest BCUT2D eigenvalue weighted by atomic mass is 79.9. The van der Waals surface area contributed by atoms with E-state index in [0.717, 1.165) is 0 Å². The Kier molecular flexibility index (Phi) is 5.07. The number of rotatable bonds is 4. The number of aliphatic carboxylic acids is 1. The minimum atomic E-state index is -1.38. The SMILES string of the molecule is CC(C)(C)NS(=O)c1cc(CC(=O)O)ccc1Br. The van der Waals surface area contributed by atoms with E-state index in [1.165, 1.54) is 0 Å². The fourth-order valence-corrected chi connectivity index (χ4v) is 3.16. The van der Waals surface area contributed by atoms with E-state index in [4.69, 9.17) is 5.11 Å². The van der Waals surface area contributed by atoms with E-state index >= 15 is 0 Å². The molecule has 0 heterocycles. The van der Waals surface area contributed by atoms with Crippen LogP contribution in [-0.4, -0.2) is 20.8 Å². The van der Waals surface area contributed by atoms with Gasteiger partial charge in [0.25, 0.3) is 0 Å². The normalized spacial score (nSPS) is 13.3. The van der Waals surface area contributed by atoms with Crippen LogP contribution >= 0.6 is 15.9 Å². The zero-order chi connectivity index (χ0) is 13.9. The van der Waals surface area contributed by atoms with Gasteiger partial charge in [-0.25, -0.2) is 8.93 Å². The van der Waals surface area contributed by atoms with Crippen LogP contribution in [0, 0.1) is 0 Å². The van der Waals surface area contributed by atoms with Crippen molar-refractivity contribution < 1.29 is 14.1 Å². The van der Waals surface area contributed by atoms with Gasteiger partial charge in [-0.3, -0.25) is 4.79 Å². The molecular formula is C12H16BrNO3S. The van der Waals surface area contributed by atoms with Gasteiger partial charge in [-0.1, -0.05) is 6.07 Å². The number of carbonyl (C=O) groups is 1. The van der Waals surface area contributed by atoms with Crippen molar-refractivity contribution >= 4 is 32.9 Å². The van der Waals surface area contributed by atoms with Crippen LogP contribution in [0.2, 0.25) is 0 Å². The maximum atomic E-state index is 12.1. The summed E-state index contributed by atoms with van der Waals surface area (Å²) in [4.78, 5) is 11.2. The van der Waals surface area contributed by atoms with E-state index < -0.39 is 17.0 Å². The average molecular weight is 334 g/mol.